The third-order valence-corrected chi connectivity index (χ3v) is 5.01. The van der Waals surface area contributed by atoms with Crippen LogP contribution in [0.1, 0.15) is 46.5 Å². The highest BCUT2D eigenvalue weighted by molar-refractivity contribution is 4.95. The van der Waals surface area contributed by atoms with Gasteiger partial charge in [-0.3, -0.25) is 4.90 Å². The summed E-state index contributed by atoms with van der Waals surface area (Å²) in [6, 6.07) is 0.932. The van der Waals surface area contributed by atoms with Gasteiger partial charge >= 0.3 is 0 Å². The van der Waals surface area contributed by atoms with E-state index in [1.807, 2.05) is 0 Å². The molecule has 1 saturated carbocycles. The molecule has 0 radical (unpaired) electrons. The maximum atomic E-state index is 10.7. The van der Waals surface area contributed by atoms with Gasteiger partial charge in [0.05, 0.1) is 6.10 Å². The van der Waals surface area contributed by atoms with E-state index in [-0.39, 0.29) is 11.5 Å². The zero-order valence-electron chi connectivity index (χ0n) is 12.5. The van der Waals surface area contributed by atoms with Crippen LogP contribution < -0.4 is 0 Å². The number of aliphatic hydroxyl groups is 1. The third-order valence-electron chi connectivity index (χ3n) is 5.01. The number of hydrogen-bond acceptors (Lipinski definition) is 3. The van der Waals surface area contributed by atoms with E-state index in [0.717, 1.165) is 19.5 Å². The Balaban J connectivity index is 2.09. The first-order valence-electron chi connectivity index (χ1n) is 7.54. The summed E-state index contributed by atoms with van der Waals surface area (Å²) in [7, 11) is 2.21. The van der Waals surface area contributed by atoms with Crippen LogP contribution in [0.15, 0.2) is 0 Å². The highest BCUT2D eigenvalue weighted by atomic mass is 16.3. The lowest BCUT2D eigenvalue weighted by Gasteiger charge is -2.47. The van der Waals surface area contributed by atoms with Crippen molar-refractivity contribution in [2.45, 2.75) is 64.6 Å². The maximum absolute atomic E-state index is 10.7. The molecule has 18 heavy (non-hydrogen) atoms. The molecular weight excluding hydrogens is 224 g/mol. The molecule has 0 aromatic heterocycles. The molecule has 0 spiro atoms. The van der Waals surface area contributed by atoms with Crippen LogP contribution in [0.3, 0.4) is 0 Å². The van der Waals surface area contributed by atoms with Crippen molar-refractivity contribution in [1.82, 2.24) is 9.80 Å². The standard InChI is InChI=1S/C15H30N2O/c1-12-11-16(4)9-6-10-17(12)13-7-5-8-15(2,3)14(13)18/h12-14,18H,5-11H2,1-4H3. The molecule has 1 N–H and O–H groups in total. The average Bonchev–Trinajstić information content (AvgIpc) is 2.44. The van der Waals surface area contributed by atoms with E-state index in [1.54, 1.807) is 0 Å². The number of likely N-dealkylation sites (N-methyl/N-ethyl adjacent to an activating group) is 1. The van der Waals surface area contributed by atoms with Gasteiger partial charge in [-0.25, -0.2) is 0 Å². The predicted octanol–water partition coefficient (Wildman–Crippen LogP) is 1.95. The molecular formula is C15H30N2O. The van der Waals surface area contributed by atoms with Crippen LogP contribution in [0, 0.1) is 5.41 Å². The molecule has 1 saturated heterocycles. The summed E-state index contributed by atoms with van der Waals surface area (Å²) in [4.78, 5) is 5.00. The molecule has 2 fully saturated rings. The van der Waals surface area contributed by atoms with Gasteiger partial charge in [0, 0.05) is 25.2 Å². The zero-order valence-corrected chi connectivity index (χ0v) is 12.5. The summed E-state index contributed by atoms with van der Waals surface area (Å²) in [5.74, 6) is 0. The van der Waals surface area contributed by atoms with E-state index >= 15 is 0 Å². The van der Waals surface area contributed by atoms with Crippen molar-refractivity contribution < 1.29 is 5.11 Å². The van der Waals surface area contributed by atoms with Crippen molar-refractivity contribution in [2.24, 2.45) is 5.41 Å². The van der Waals surface area contributed by atoms with E-state index in [4.69, 9.17) is 0 Å². The summed E-state index contributed by atoms with van der Waals surface area (Å²) in [5.41, 5.74) is 0.0842. The molecule has 3 atom stereocenters. The molecule has 106 valence electrons. The summed E-state index contributed by atoms with van der Waals surface area (Å²) in [5, 5.41) is 10.7. The second kappa shape index (κ2) is 5.48. The van der Waals surface area contributed by atoms with Gasteiger partial charge in [-0.15, -0.1) is 0 Å². The van der Waals surface area contributed by atoms with Crippen LogP contribution in [0.4, 0.5) is 0 Å². The number of rotatable bonds is 1. The third kappa shape index (κ3) is 2.89. The zero-order chi connectivity index (χ0) is 13.3. The Morgan fingerprint density at radius 3 is 2.61 bits per heavy atom. The van der Waals surface area contributed by atoms with Crippen molar-refractivity contribution in [3.05, 3.63) is 0 Å². The Labute approximate surface area is 112 Å². The van der Waals surface area contributed by atoms with E-state index < -0.39 is 0 Å². The van der Waals surface area contributed by atoms with Gasteiger partial charge in [0.25, 0.3) is 0 Å². The van der Waals surface area contributed by atoms with Crippen LogP contribution in [0.5, 0.6) is 0 Å². The molecule has 0 amide bonds. The monoisotopic (exact) mass is 254 g/mol. The Hall–Kier alpha value is -0.120. The van der Waals surface area contributed by atoms with Gasteiger partial charge in [-0.05, 0) is 45.2 Å². The van der Waals surface area contributed by atoms with Crippen molar-refractivity contribution in [3.63, 3.8) is 0 Å². The van der Waals surface area contributed by atoms with Crippen LogP contribution in [-0.2, 0) is 0 Å². The fourth-order valence-corrected chi connectivity index (χ4v) is 3.82. The lowest BCUT2D eigenvalue weighted by Crippen LogP contribution is -2.55. The van der Waals surface area contributed by atoms with Gasteiger partial charge in [-0.2, -0.15) is 0 Å². The van der Waals surface area contributed by atoms with E-state index in [0.29, 0.717) is 12.1 Å². The molecule has 0 bridgehead atoms. The minimum atomic E-state index is -0.169. The number of nitrogens with zero attached hydrogens (tertiary/aromatic N) is 2. The summed E-state index contributed by atoms with van der Waals surface area (Å²) in [6.45, 7) is 10.2. The highest BCUT2D eigenvalue weighted by Gasteiger charge is 2.41. The quantitative estimate of drug-likeness (QED) is 0.775. The smallest absolute Gasteiger partial charge is 0.0746 e. The average molecular weight is 254 g/mol. The largest absolute Gasteiger partial charge is 0.391 e. The highest BCUT2D eigenvalue weighted by Crippen LogP contribution is 2.38. The molecule has 3 heteroatoms. The Morgan fingerprint density at radius 2 is 1.89 bits per heavy atom. The van der Waals surface area contributed by atoms with Crippen LogP contribution in [0.25, 0.3) is 0 Å². The summed E-state index contributed by atoms with van der Waals surface area (Å²) >= 11 is 0. The molecule has 1 aliphatic carbocycles. The minimum Gasteiger partial charge on any atom is -0.391 e. The molecule has 1 aliphatic heterocycles. The SMILES string of the molecule is CC1CN(C)CCCN1C1CCCC(C)(C)C1O. The molecule has 3 nitrogen and oxygen atoms in total. The molecule has 3 unspecified atom stereocenters. The van der Waals surface area contributed by atoms with Crippen molar-refractivity contribution in [1.29, 1.82) is 0 Å². The second-order valence-corrected chi connectivity index (χ2v) is 7.10. The minimum absolute atomic E-state index is 0.0842. The lowest BCUT2D eigenvalue weighted by atomic mass is 9.72. The Kier molecular flexibility index (Phi) is 4.35. The van der Waals surface area contributed by atoms with E-state index in [1.165, 1.54) is 25.8 Å². The lowest BCUT2D eigenvalue weighted by molar-refractivity contribution is -0.0663. The van der Waals surface area contributed by atoms with Gasteiger partial charge < -0.3 is 10.0 Å². The first-order valence-corrected chi connectivity index (χ1v) is 7.54. The van der Waals surface area contributed by atoms with Gasteiger partial charge in [-0.1, -0.05) is 20.3 Å². The van der Waals surface area contributed by atoms with Gasteiger partial charge in [0.15, 0.2) is 0 Å². The topological polar surface area (TPSA) is 26.7 Å². The molecule has 0 aromatic rings. The van der Waals surface area contributed by atoms with Gasteiger partial charge in [0.2, 0.25) is 0 Å². The fourth-order valence-electron chi connectivity index (χ4n) is 3.82. The van der Waals surface area contributed by atoms with Crippen molar-refractivity contribution >= 4 is 0 Å². The number of aliphatic hydroxyl groups excluding tert-OH is 1. The van der Waals surface area contributed by atoms with Crippen LogP contribution in [-0.4, -0.2) is 59.8 Å². The van der Waals surface area contributed by atoms with E-state index in [9.17, 15) is 5.11 Å². The maximum Gasteiger partial charge on any atom is 0.0746 e. The summed E-state index contributed by atoms with van der Waals surface area (Å²) in [6.07, 6.45) is 4.64. The first-order chi connectivity index (χ1) is 8.42. The normalized spacial score (nSPS) is 39.5. The fraction of sp³-hybridized carbons (Fsp3) is 1.00. The summed E-state index contributed by atoms with van der Waals surface area (Å²) < 4.78 is 0. The van der Waals surface area contributed by atoms with Crippen molar-refractivity contribution in [3.8, 4) is 0 Å². The van der Waals surface area contributed by atoms with Crippen LogP contribution >= 0.6 is 0 Å². The Bertz CT molecular complexity index is 280. The van der Waals surface area contributed by atoms with Gasteiger partial charge in [0.1, 0.15) is 0 Å². The van der Waals surface area contributed by atoms with E-state index in [2.05, 4.69) is 37.6 Å². The molecule has 2 aliphatic rings. The molecule has 0 aromatic carbocycles. The second-order valence-electron chi connectivity index (χ2n) is 7.10. The molecule has 1 heterocycles. The number of hydrogen-bond donors (Lipinski definition) is 1. The van der Waals surface area contributed by atoms with Crippen LogP contribution in [0.2, 0.25) is 0 Å². The Morgan fingerprint density at radius 1 is 1.17 bits per heavy atom. The van der Waals surface area contributed by atoms with Crippen molar-refractivity contribution in [2.75, 3.05) is 26.7 Å². The predicted molar refractivity (Wildman–Crippen MR) is 75.7 cm³/mol. The first kappa shape index (κ1) is 14.3. The molecule has 2 rings (SSSR count).